The third kappa shape index (κ3) is 4.07. The standard InChI is InChI=1S/C21H20ClN3O3/c1-3-12-24-18(13-19(26)23-16-8-6-15(22)7-9-16)20(27)25(21(24)28)17-10-4-14(2)5-11-17/h3-11,18H,1,12-13H2,2H3,(H,23,26). The predicted molar refractivity (Wildman–Crippen MR) is 109 cm³/mol. The van der Waals surface area contributed by atoms with Gasteiger partial charge < -0.3 is 10.2 Å². The molecule has 4 amide bonds. The number of amides is 4. The second kappa shape index (κ2) is 8.27. The molecule has 1 fully saturated rings. The quantitative estimate of drug-likeness (QED) is 0.591. The fraction of sp³-hybridized carbons (Fsp3) is 0.190. The van der Waals surface area contributed by atoms with E-state index in [-0.39, 0.29) is 18.9 Å². The molecule has 1 saturated heterocycles. The van der Waals surface area contributed by atoms with Gasteiger partial charge in [0.05, 0.1) is 12.1 Å². The molecule has 1 heterocycles. The first-order valence-corrected chi connectivity index (χ1v) is 9.16. The molecule has 28 heavy (non-hydrogen) atoms. The molecular weight excluding hydrogens is 378 g/mol. The maximum absolute atomic E-state index is 13.0. The predicted octanol–water partition coefficient (Wildman–Crippen LogP) is 4.00. The second-order valence-corrected chi connectivity index (χ2v) is 6.94. The van der Waals surface area contributed by atoms with Crippen molar-refractivity contribution >= 4 is 40.8 Å². The Labute approximate surface area is 168 Å². The first kappa shape index (κ1) is 19.6. The molecule has 1 aliphatic heterocycles. The van der Waals surface area contributed by atoms with Gasteiger partial charge in [-0.25, -0.2) is 9.69 Å². The minimum atomic E-state index is -0.890. The summed E-state index contributed by atoms with van der Waals surface area (Å²) in [5, 5.41) is 3.28. The van der Waals surface area contributed by atoms with Crippen LogP contribution in [0.2, 0.25) is 5.02 Å². The van der Waals surface area contributed by atoms with Crippen molar-refractivity contribution in [2.45, 2.75) is 19.4 Å². The summed E-state index contributed by atoms with van der Waals surface area (Å²) >= 11 is 5.84. The number of urea groups is 1. The highest BCUT2D eigenvalue weighted by molar-refractivity contribution is 6.30. The lowest BCUT2D eigenvalue weighted by atomic mass is 10.1. The van der Waals surface area contributed by atoms with Crippen LogP contribution >= 0.6 is 11.6 Å². The average Bonchev–Trinajstić information content (AvgIpc) is 2.89. The smallest absolute Gasteiger partial charge is 0.326 e. The van der Waals surface area contributed by atoms with Gasteiger partial charge in [-0.15, -0.1) is 6.58 Å². The summed E-state index contributed by atoms with van der Waals surface area (Å²) in [5.74, 6) is -0.796. The number of hydrogen-bond donors (Lipinski definition) is 1. The zero-order valence-corrected chi connectivity index (χ0v) is 16.1. The van der Waals surface area contributed by atoms with E-state index in [1.807, 2.05) is 19.1 Å². The largest absolute Gasteiger partial charge is 0.332 e. The van der Waals surface area contributed by atoms with Gasteiger partial charge >= 0.3 is 6.03 Å². The van der Waals surface area contributed by atoms with Crippen molar-refractivity contribution < 1.29 is 14.4 Å². The number of carbonyl (C=O) groups is 3. The fourth-order valence-electron chi connectivity index (χ4n) is 3.03. The lowest BCUT2D eigenvalue weighted by molar-refractivity contribution is -0.124. The van der Waals surface area contributed by atoms with Crippen LogP contribution in [0.1, 0.15) is 12.0 Å². The van der Waals surface area contributed by atoms with E-state index >= 15 is 0 Å². The minimum Gasteiger partial charge on any atom is -0.326 e. The number of aryl methyl sites for hydroxylation is 1. The number of nitrogens with zero attached hydrogens (tertiary/aromatic N) is 2. The summed E-state index contributed by atoms with van der Waals surface area (Å²) in [4.78, 5) is 40.7. The van der Waals surface area contributed by atoms with Crippen molar-refractivity contribution in [3.05, 3.63) is 71.8 Å². The topological polar surface area (TPSA) is 69.7 Å². The van der Waals surface area contributed by atoms with E-state index < -0.39 is 18.0 Å². The number of carbonyl (C=O) groups excluding carboxylic acids is 3. The Bertz CT molecular complexity index is 909. The Morgan fingerprint density at radius 3 is 2.39 bits per heavy atom. The highest BCUT2D eigenvalue weighted by Crippen LogP contribution is 2.27. The lowest BCUT2D eigenvalue weighted by Crippen LogP contribution is -2.38. The maximum Gasteiger partial charge on any atom is 0.332 e. The molecule has 2 aromatic rings. The van der Waals surface area contributed by atoms with Crippen molar-refractivity contribution in [3.63, 3.8) is 0 Å². The highest BCUT2D eigenvalue weighted by atomic mass is 35.5. The summed E-state index contributed by atoms with van der Waals surface area (Å²) < 4.78 is 0. The maximum atomic E-state index is 13.0. The molecule has 0 saturated carbocycles. The molecule has 0 spiro atoms. The Hall–Kier alpha value is -3.12. The van der Waals surface area contributed by atoms with Crippen molar-refractivity contribution in [3.8, 4) is 0 Å². The Morgan fingerprint density at radius 2 is 1.79 bits per heavy atom. The van der Waals surface area contributed by atoms with Gasteiger partial charge in [0.25, 0.3) is 5.91 Å². The summed E-state index contributed by atoms with van der Waals surface area (Å²) in [7, 11) is 0. The van der Waals surface area contributed by atoms with Gasteiger partial charge in [0, 0.05) is 17.3 Å². The van der Waals surface area contributed by atoms with Gasteiger partial charge in [-0.05, 0) is 43.3 Å². The number of benzene rings is 2. The molecule has 7 heteroatoms. The molecule has 1 N–H and O–H groups in total. The SMILES string of the molecule is C=CCN1C(=O)N(c2ccc(C)cc2)C(=O)C1CC(=O)Nc1ccc(Cl)cc1. The number of hydrogen-bond acceptors (Lipinski definition) is 3. The van der Waals surface area contributed by atoms with Gasteiger partial charge in [0.15, 0.2) is 0 Å². The van der Waals surface area contributed by atoms with Gasteiger partial charge in [0.2, 0.25) is 5.91 Å². The normalized spacial score (nSPS) is 16.4. The molecule has 144 valence electrons. The third-order valence-corrected chi connectivity index (χ3v) is 4.70. The Balaban J connectivity index is 1.79. The van der Waals surface area contributed by atoms with Gasteiger partial charge in [-0.3, -0.25) is 9.59 Å². The van der Waals surface area contributed by atoms with Crippen LogP contribution in [-0.2, 0) is 9.59 Å². The van der Waals surface area contributed by atoms with Crippen LogP contribution < -0.4 is 10.2 Å². The molecule has 1 aliphatic rings. The molecule has 0 aliphatic carbocycles. The van der Waals surface area contributed by atoms with Crippen molar-refractivity contribution in [2.24, 2.45) is 0 Å². The van der Waals surface area contributed by atoms with E-state index in [9.17, 15) is 14.4 Å². The molecule has 0 aromatic heterocycles. The van der Waals surface area contributed by atoms with Gasteiger partial charge in [0.1, 0.15) is 6.04 Å². The summed E-state index contributed by atoms with van der Waals surface area (Å²) in [6, 6.07) is 12.4. The summed E-state index contributed by atoms with van der Waals surface area (Å²) in [5.41, 5.74) is 2.07. The first-order valence-electron chi connectivity index (χ1n) is 8.78. The van der Waals surface area contributed by atoms with E-state index in [2.05, 4.69) is 11.9 Å². The third-order valence-electron chi connectivity index (χ3n) is 4.44. The van der Waals surface area contributed by atoms with Crippen molar-refractivity contribution in [2.75, 3.05) is 16.8 Å². The average molecular weight is 398 g/mol. The van der Waals surface area contributed by atoms with Crippen molar-refractivity contribution in [1.82, 2.24) is 4.90 Å². The first-order chi connectivity index (χ1) is 13.4. The minimum absolute atomic E-state index is 0.149. The number of nitrogens with one attached hydrogen (secondary N) is 1. The van der Waals surface area contributed by atoms with Crippen LogP contribution in [-0.4, -0.2) is 35.3 Å². The summed E-state index contributed by atoms with van der Waals surface area (Å²) in [6.45, 7) is 5.74. The van der Waals surface area contributed by atoms with Crippen LogP contribution in [0.3, 0.4) is 0 Å². The number of imide groups is 1. The van der Waals surface area contributed by atoms with Gasteiger partial charge in [-0.2, -0.15) is 0 Å². The Kier molecular flexibility index (Phi) is 5.80. The highest BCUT2D eigenvalue weighted by Gasteiger charge is 2.46. The van der Waals surface area contributed by atoms with E-state index in [4.69, 9.17) is 11.6 Å². The van der Waals surface area contributed by atoms with Crippen LogP contribution in [0.15, 0.2) is 61.2 Å². The van der Waals surface area contributed by atoms with Crippen LogP contribution in [0.5, 0.6) is 0 Å². The van der Waals surface area contributed by atoms with Crippen LogP contribution in [0.25, 0.3) is 0 Å². The molecule has 1 atom stereocenters. The van der Waals surface area contributed by atoms with Crippen LogP contribution in [0.4, 0.5) is 16.2 Å². The van der Waals surface area contributed by atoms with Crippen molar-refractivity contribution in [1.29, 1.82) is 0 Å². The number of rotatable bonds is 6. The second-order valence-electron chi connectivity index (χ2n) is 6.51. The zero-order chi connectivity index (χ0) is 20.3. The molecule has 1 unspecified atom stereocenters. The fourth-order valence-corrected chi connectivity index (χ4v) is 3.16. The number of halogens is 1. The van der Waals surface area contributed by atoms with E-state index in [1.54, 1.807) is 36.4 Å². The summed E-state index contributed by atoms with van der Waals surface area (Å²) in [6.07, 6.45) is 1.39. The molecule has 0 bridgehead atoms. The van der Waals surface area contributed by atoms with E-state index in [0.717, 1.165) is 10.5 Å². The molecule has 3 rings (SSSR count). The van der Waals surface area contributed by atoms with E-state index in [1.165, 1.54) is 11.0 Å². The number of anilines is 2. The molecule has 2 aromatic carbocycles. The lowest BCUT2D eigenvalue weighted by Gasteiger charge is -2.19. The zero-order valence-electron chi connectivity index (χ0n) is 15.4. The van der Waals surface area contributed by atoms with E-state index in [0.29, 0.717) is 16.4 Å². The van der Waals surface area contributed by atoms with Gasteiger partial charge in [-0.1, -0.05) is 35.4 Å². The Morgan fingerprint density at radius 1 is 1.14 bits per heavy atom. The monoisotopic (exact) mass is 397 g/mol. The molecule has 0 radical (unpaired) electrons. The van der Waals surface area contributed by atoms with Crippen LogP contribution in [0, 0.1) is 6.92 Å². The molecular formula is C21H20ClN3O3. The molecule has 6 nitrogen and oxygen atoms in total.